The molecular weight excluding hydrogens is 589 g/mol. The summed E-state index contributed by atoms with van der Waals surface area (Å²) in [6.45, 7) is 2.43. The van der Waals surface area contributed by atoms with Crippen LogP contribution < -0.4 is 14.9 Å². The molecular formula is C25H18BrCl2N3O6. The molecule has 4 rings (SSSR count). The molecule has 37 heavy (non-hydrogen) atoms. The van der Waals surface area contributed by atoms with E-state index in [-0.39, 0.29) is 18.1 Å². The summed E-state index contributed by atoms with van der Waals surface area (Å²) >= 11 is 15.7. The number of hydrogen-bond acceptors (Lipinski definition) is 7. The number of carbonyl (C=O) groups excluding carboxylic acids is 1. The third-order valence-electron chi connectivity index (χ3n) is 5.03. The third-order valence-corrected chi connectivity index (χ3v) is 6.21. The monoisotopic (exact) mass is 605 g/mol. The number of carbonyl (C=O) groups is 1. The number of halogens is 3. The Balaban J connectivity index is 1.47. The number of nitrogens with zero attached hydrogens (tertiary/aromatic N) is 2. The predicted octanol–water partition coefficient (Wildman–Crippen LogP) is 7.15. The highest BCUT2D eigenvalue weighted by Crippen LogP contribution is 2.37. The van der Waals surface area contributed by atoms with Gasteiger partial charge in [0.1, 0.15) is 12.2 Å². The Morgan fingerprint density at radius 1 is 1.16 bits per heavy atom. The van der Waals surface area contributed by atoms with E-state index in [2.05, 4.69) is 26.5 Å². The molecule has 0 atom stereocenters. The van der Waals surface area contributed by atoms with E-state index in [4.69, 9.17) is 37.1 Å². The Morgan fingerprint density at radius 3 is 2.70 bits per heavy atom. The van der Waals surface area contributed by atoms with Crippen LogP contribution in [0.2, 0.25) is 10.0 Å². The fourth-order valence-corrected chi connectivity index (χ4v) is 4.37. The lowest BCUT2D eigenvalue weighted by molar-refractivity contribution is -0.384. The number of hydrazone groups is 1. The lowest BCUT2D eigenvalue weighted by Crippen LogP contribution is -2.16. The Morgan fingerprint density at radius 2 is 1.97 bits per heavy atom. The Kier molecular flexibility index (Phi) is 8.32. The summed E-state index contributed by atoms with van der Waals surface area (Å²) < 4.78 is 17.8. The molecule has 0 aliphatic carbocycles. The minimum atomic E-state index is -0.612. The van der Waals surface area contributed by atoms with Gasteiger partial charge in [0.15, 0.2) is 17.3 Å². The molecule has 1 heterocycles. The second-order valence-corrected chi connectivity index (χ2v) is 9.27. The van der Waals surface area contributed by atoms with E-state index < -0.39 is 10.8 Å². The van der Waals surface area contributed by atoms with Crippen molar-refractivity contribution in [3.63, 3.8) is 0 Å². The topological polar surface area (TPSA) is 116 Å². The van der Waals surface area contributed by atoms with Gasteiger partial charge in [-0.25, -0.2) is 5.43 Å². The summed E-state index contributed by atoms with van der Waals surface area (Å²) in [5.41, 5.74) is 4.00. The molecule has 190 valence electrons. The van der Waals surface area contributed by atoms with Crippen molar-refractivity contribution in [2.24, 2.45) is 5.10 Å². The molecule has 12 heteroatoms. The highest BCUT2D eigenvalue weighted by molar-refractivity contribution is 9.10. The van der Waals surface area contributed by atoms with E-state index >= 15 is 0 Å². The van der Waals surface area contributed by atoms with E-state index in [1.807, 2.05) is 6.92 Å². The summed E-state index contributed by atoms with van der Waals surface area (Å²) in [4.78, 5) is 22.9. The fraction of sp³-hybridized carbons (Fsp3) is 0.120. The van der Waals surface area contributed by atoms with Crippen LogP contribution in [0.15, 0.2) is 68.6 Å². The van der Waals surface area contributed by atoms with Gasteiger partial charge in [0.25, 0.3) is 5.69 Å². The molecule has 3 aromatic carbocycles. The van der Waals surface area contributed by atoms with Crippen molar-refractivity contribution in [2.75, 3.05) is 6.61 Å². The number of hydrogen-bond donors (Lipinski definition) is 1. The van der Waals surface area contributed by atoms with E-state index in [1.54, 1.807) is 30.3 Å². The average Bonchev–Trinajstić information content (AvgIpc) is 3.28. The molecule has 0 unspecified atom stereocenters. The zero-order valence-electron chi connectivity index (χ0n) is 19.2. The lowest BCUT2D eigenvalue weighted by atomic mass is 10.2. The van der Waals surface area contributed by atoms with Gasteiger partial charge >= 0.3 is 5.91 Å². The molecule has 0 fully saturated rings. The van der Waals surface area contributed by atoms with Crippen LogP contribution in [-0.4, -0.2) is 23.7 Å². The van der Waals surface area contributed by atoms with Crippen molar-refractivity contribution in [3.8, 4) is 11.5 Å². The first-order valence-corrected chi connectivity index (χ1v) is 12.3. The minimum absolute atomic E-state index is 0.0338. The molecule has 0 spiro atoms. The molecule has 9 nitrogen and oxygen atoms in total. The number of rotatable bonds is 9. The summed E-state index contributed by atoms with van der Waals surface area (Å²) in [6, 6.07) is 14.1. The summed E-state index contributed by atoms with van der Waals surface area (Å²) in [6.07, 6.45) is 1.43. The minimum Gasteiger partial charge on any atom is -0.490 e. The number of nitro benzene ring substituents is 1. The first-order valence-electron chi connectivity index (χ1n) is 10.8. The van der Waals surface area contributed by atoms with Gasteiger partial charge in [-0.2, -0.15) is 5.10 Å². The zero-order chi connectivity index (χ0) is 26.5. The van der Waals surface area contributed by atoms with Gasteiger partial charge in [0.05, 0.1) is 22.2 Å². The molecule has 0 aliphatic heterocycles. The molecule has 1 N–H and O–H groups in total. The highest BCUT2D eigenvalue weighted by atomic mass is 79.9. The largest absolute Gasteiger partial charge is 0.490 e. The lowest BCUT2D eigenvalue weighted by Gasteiger charge is -2.15. The van der Waals surface area contributed by atoms with Crippen LogP contribution in [0.5, 0.6) is 11.5 Å². The molecule has 0 aliphatic rings. The van der Waals surface area contributed by atoms with Gasteiger partial charge < -0.3 is 13.9 Å². The van der Waals surface area contributed by atoms with Crippen molar-refractivity contribution < 1.29 is 23.6 Å². The first-order chi connectivity index (χ1) is 17.7. The fourth-order valence-electron chi connectivity index (χ4n) is 3.33. The number of amides is 1. The second-order valence-electron chi connectivity index (χ2n) is 7.58. The number of benzene rings is 3. The number of nitrogens with one attached hydrogen (secondary N) is 1. The number of ether oxygens (including phenoxy) is 2. The van der Waals surface area contributed by atoms with Gasteiger partial charge in [-0.15, -0.1) is 0 Å². The SMILES string of the molecule is CCOc1cc(/C=N/NC(=O)c2cc3cc([N+](=O)[O-])ccc3o2)cc(Br)c1OCc1ccc(Cl)cc1Cl. The smallest absolute Gasteiger partial charge is 0.307 e. The molecule has 1 amide bonds. The highest BCUT2D eigenvalue weighted by Gasteiger charge is 2.16. The molecule has 0 saturated heterocycles. The van der Waals surface area contributed by atoms with Gasteiger partial charge in [0, 0.05) is 33.1 Å². The maximum atomic E-state index is 12.5. The van der Waals surface area contributed by atoms with E-state index in [0.717, 1.165) is 5.56 Å². The van der Waals surface area contributed by atoms with Crippen molar-refractivity contribution in [1.29, 1.82) is 0 Å². The van der Waals surface area contributed by atoms with Gasteiger partial charge in [0.2, 0.25) is 0 Å². The molecule has 0 bridgehead atoms. The second kappa shape index (κ2) is 11.6. The Labute approximate surface area is 229 Å². The zero-order valence-corrected chi connectivity index (χ0v) is 22.3. The van der Waals surface area contributed by atoms with Crippen LogP contribution in [0.1, 0.15) is 28.6 Å². The molecule has 4 aromatic rings. The Hall–Kier alpha value is -3.60. The van der Waals surface area contributed by atoms with E-state index in [9.17, 15) is 14.9 Å². The van der Waals surface area contributed by atoms with Crippen LogP contribution in [0.4, 0.5) is 5.69 Å². The third kappa shape index (κ3) is 6.40. The molecule has 1 aromatic heterocycles. The first kappa shape index (κ1) is 26.5. The number of nitro groups is 1. The number of non-ortho nitro benzene ring substituents is 1. The standard InChI is InChI=1S/C25H18BrCl2N3O6/c1-2-35-22-8-14(7-19(26)24(22)36-13-15-3-4-17(27)11-20(15)28)12-29-30-25(32)23-10-16-9-18(31(33)34)5-6-21(16)37-23/h3-12H,2,13H2,1H3,(H,30,32)/b29-12+. The van der Waals surface area contributed by atoms with Crippen LogP contribution in [0.25, 0.3) is 11.0 Å². The van der Waals surface area contributed by atoms with Crippen LogP contribution >= 0.6 is 39.1 Å². The van der Waals surface area contributed by atoms with Gasteiger partial charge in [-0.3, -0.25) is 14.9 Å². The Bertz CT molecular complexity index is 1520. The van der Waals surface area contributed by atoms with Crippen LogP contribution in [0.3, 0.4) is 0 Å². The van der Waals surface area contributed by atoms with Crippen molar-refractivity contribution in [1.82, 2.24) is 5.43 Å². The van der Waals surface area contributed by atoms with Gasteiger partial charge in [-0.1, -0.05) is 29.3 Å². The number of fused-ring (bicyclic) bond motifs is 1. The van der Waals surface area contributed by atoms with Gasteiger partial charge in [-0.05, 0) is 64.8 Å². The summed E-state index contributed by atoms with van der Waals surface area (Å²) in [5.74, 6) is 0.298. The van der Waals surface area contributed by atoms with Crippen LogP contribution in [0, 0.1) is 10.1 Å². The van der Waals surface area contributed by atoms with E-state index in [1.165, 1.54) is 30.5 Å². The molecule has 0 saturated carbocycles. The van der Waals surface area contributed by atoms with E-state index in [0.29, 0.717) is 49.2 Å². The van der Waals surface area contributed by atoms with Crippen LogP contribution in [-0.2, 0) is 6.61 Å². The summed E-state index contributed by atoms with van der Waals surface area (Å²) in [7, 11) is 0. The summed E-state index contributed by atoms with van der Waals surface area (Å²) in [5, 5.41) is 16.4. The van der Waals surface area contributed by atoms with Crippen molar-refractivity contribution in [3.05, 3.63) is 96.1 Å². The normalized spacial score (nSPS) is 11.1. The van der Waals surface area contributed by atoms with Crippen molar-refractivity contribution in [2.45, 2.75) is 13.5 Å². The number of furan rings is 1. The average molecular weight is 607 g/mol. The maximum absolute atomic E-state index is 12.5. The van der Waals surface area contributed by atoms with Crippen molar-refractivity contribution >= 4 is 67.9 Å². The molecule has 0 radical (unpaired) electrons. The predicted molar refractivity (Wildman–Crippen MR) is 144 cm³/mol. The maximum Gasteiger partial charge on any atom is 0.307 e. The quantitative estimate of drug-likeness (QED) is 0.123.